The van der Waals surface area contributed by atoms with Crippen molar-refractivity contribution in [2.24, 2.45) is 0 Å². The van der Waals surface area contributed by atoms with Crippen LogP contribution in [-0.4, -0.2) is 4.98 Å². The van der Waals surface area contributed by atoms with Gasteiger partial charge in [0, 0.05) is 11.8 Å². The molecule has 0 radical (unpaired) electrons. The molecule has 0 spiro atoms. The zero-order valence-electron chi connectivity index (χ0n) is 8.20. The first-order valence-electron chi connectivity index (χ1n) is 4.66. The van der Waals surface area contributed by atoms with Crippen LogP contribution in [0.4, 0.5) is 13.2 Å². The van der Waals surface area contributed by atoms with E-state index < -0.39 is 11.9 Å². The number of halogens is 3. The molecule has 16 heavy (non-hydrogen) atoms. The van der Waals surface area contributed by atoms with E-state index in [0.717, 1.165) is 11.6 Å². The maximum absolute atomic E-state index is 12.3. The van der Waals surface area contributed by atoms with Crippen LogP contribution >= 0.6 is 0 Å². The van der Waals surface area contributed by atoms with Crippen molar-refractivity contribution in [1.29, 1.82) is 0 Å². The molecule has 1 nitrogen and oxygen atoms in total. The third-order valence-electron chi connectivity index (χ3n) is 2.16. The molecule has 0 bridgehead atoms. The molecule has 0 saturated carbocycles. The van der Waals surface area contributed by atoms with Gasteiger partial charge in [0.2, 0.25) is 0 Å². The van der Waals surface area contributed by atoms with E-state index in [1.54, 1.807) is 0 Å². The molecule has 1 heterocycles. The van der Waals surface area contributed by atoms with Crippen molar-refractivity contribution >= 4 is 0 Å². The van der Waals surface area contributed by atoms with E-state index in [2.05, 4.69) is 4.98 Å². The Balaban J connectivity index is 2.34. The van der Waals surface area contributed by atoms with Gasteiger partial charge in [-0.2, -0.15) is 13.2 Å². The van der Waals surface area contributed by atoms with Crippen LogP contribution < -0.4 is 0 Å². The number of hydrogen-bond donors (Lipinski definition) is 0. The van der Waals surface area contributed by atoms with Gasteiger partial charge in [-0.25, -0.2) is 0 Å². The summed E-state index contributed by atoms with van der Waals surface area (Å²) in [6.45, 7) is 0. The summed E-state index contributed by atoms with van der Waals surface area (Å²) in [4.78, 5) is 3.40. The molecule has 1 aromatic carbocycles. The molecule has 0 N–H and O–H groups in total. The Kier molecular flexibility index (Phi) is 2.64. The molecule has 0 fully saturated rings. The van der Waals surface area contributed by atoms with Crippen molar-refractivity contribution in [1.82, 2.24) is 4.98 Å². The van der Waals surface area contributed by atoms with E-state index >= 15 is 0 Å². The molecule has 0 aliphatic carbocycles. The van der Waals surface area contributed by atoms with Gasteiger partial charge in [-0.05, 0) is 11.6 Å². The third-order valence-corrected chi connectivity index (χ3v) is 2.16. The maximum Gasteiger partial charge on any atom is 0.433 e. The average molecular weight is 223 g/mol. The van der Waals surface area contributed by atoms with Crippen molar-refractivity contribution < 1.29 is 13.2 Å². The zero-order chi connectivity index (χ0) is 11.6. The van der Waals surface area contributed by atoms with Gasteiger partial charge in [0.05, 0.1) is 0 Å². The predicted molar refractivity (Wildman–Crippen MR) is 54.7 cm³/mol. The number of hydrogen-bond acceptors (Lipinski definition) is 1. The molecule has 2 aromatic rings. The van der Waals surface area contributed by atoms with E-state index in [-0.39, 0.29) is 0 Å². The first-order valence-corrected chi connectivity index (χ1v) is 4.66. The minimum atomic E-state index is -4.38. The van der Waals surface area contributed by atoms with Crippen LogP contribution in [0.25, 0.3) is 11.1 Å². The number of aromatic nitrogens is 1. The van der Waals surface area contributed by atoms with Crippen LogP contribution in [0.15, 0.2) is 48.7 Å². The molecule has 0 atom stereocenters. The molecule has 1 aromatic heterocycles. The summed E-state index contributed by atoms with van der Waals surface area (Å²) in [6.07, 6.45) is -3.15. The Labute approximate surface area is 90.6 Å². The van der Waals surface area contributed by atoms with Crippen molar-refractivity contribution in [2.75, 3.05) is 0 Å². The van der Waals surface area contributed by atoms with Crippen molar-refractivity contribution in [3.05, 3.63) is 54.4 Å². The van der Waals surface area contributed by atoms with Gasteiger partial charge < -0.3 is 0 Å². The molecular formula is C12H8F3N. The summed E-state index contributed by atoms with van der Waals surface area (Å²) >= 11 is 0. The Hall–Kier alpha value is -1.84. The molecular weight excluding hydrogens is 215 g/mol. The maximum atomic E-state index is 12.3. The SMILES string of the molecule is FC(F)(F)c1ccc(-c2ccccc2)cn1. The molecule has 4 heteroatoms. The lowest BCUT2D eigenvalue weighted by atomic mass is 10.1. The Bertz CT molecular complexity index is 460. The lowest BCUT2D eigenvalue weighted by Crippen LogP contribution is -2.07. The van der Waals surface area contributed by atoms with E-state index in [1.165, 1.54) is 12.3 Å². The van der Waals surface area contributed by atoms with Gasteiger partial charge in [0.25, 0.3) is 0 Å². The molecule has 0 aliphatic rings. The van der Waals surface area contributed by atoms with Crippen LogP contribution in [-0.2, 0) is 6.18 Å². The van der Waals surface area contributed by atoms with Crippen LogP contribution in [0.1, 0.15) is 5.69 Å². The lowest BCUT2D eigenvalue weighted by molar-refractivity contribution is -0.141. The largest absolute Gasteiger partial charge is 0.433 e. The van der Waals surface area contributed by atoms with Gasteiger partial charge in [-0.1, -0.05) is 36.4 Å². The first-order chi connectivity index (χ1) is 7.57. The van der Waals surface area contributed by atoms with E-state index in [1.807, 2.05) is 30.3 Å². The second-order valence-electron chi connectivity index (χ2n) is 3.30. The van der Waals surface area contributed by atoms with Crippen molar-refractivity contribution in [3.63, 3.8) is 0 Å². The Morgan fingerprint density at radius 3 is 2.00 bits per heavy atom. The minimum Gasteiger partial charge on any atom is -0.251 e. The first kappa shape index (κ1) is 10.7. The fourth-order valence-corrected chi connectivity index (χ4v) is 1.36. The highest BCUT2D eigenvalue weighted by atomic mass is 19.4. The molecule has 2 rings (SSSR count). The van der Waals surface area contributed by atoms with Crippen molar-refractivity contribution in [2.45, 2.75) is 6.18 Å². The fourth-order valence-electron chi connectivity index (χ4n) is 1.36. The molecule has 82 valence electrons. The van der Waals surface area contributed by atoms with Crippen molar-refractivity contribution in [3.8, 4) is 11.1 Å². The van der Waals surface area contributed by atoms with Gasteiger partial charge in [-0.3, -0.25) is 4.98 Å². The number of alkyl halides is 3. The van der Waals surface area contributed by atoms with Crippen LogP contribution in [0.5, 0.6) is 0 Å². The summed E-state index contributed by atoms with van der Waals surface area (Å²) in [5.74, 6) is 0. The highest BCUT2D eigenvalue weighted by Crippen LogP contribution is 2.28. The number of nitrogens with zero attached hydrogens (tertiary/aromatic N) is 1. The van der Waals surface area contributed by atoms with Gasteiger partial charge >= 0.3 is 6.18 Å². The van der Waals surface area contributed by atoms with E-state index in [0.29, 0.717) is 5.56 Å². The quantitative estimate of drug-likeness (QED) is 0.717. The summed E-state index contributed by atoms with van der Waals surface area (Å²) in [5.41, 5.74) is 0.657. The zero-order valence-corrected chi connectivity index (χ0v) is 8.20. The van der Waals surface area contributed by atoms with Gasteiger partial charge in [0.1, 0.15) is 5.69 Å². The topological polar surface area (TPSA) is 12.9 Å². The van der Waals surface area contributed by atoms with Crippen LogP contribution in [0, 0.1) is 0 Å². The third kappa shape index (κ3) is 2.21. The Morgan fingerprint density at radius 1 is 0.812 bits per heavy atom. The minimum absolute atomic E-state index is 0.675. The highest BCUT2D eigenvalue weighted by Gasteiger charge is 2.31. The molecule has 0 aliphatic heterocycles. The fraction of sp³-hybridized carbons (Fsp3) is 0.0833. The summed E-state index contributed by atoms with van der Waals surface area (Å²) < 4.78 is 36.8. The smallest absolute Gasteiger partial charge is 0.251 e. The molecule has 0 unspecified atom stereocenters. The number of pyridine rings is 1. The van der Waals surface area contributed by atoms with E-state index in [4.69, 9.17) is 0 Å². The van der Waals surface area contributed by atoms with Gasteiger partial charge in [0.15, 0.2) is 0 Å². The summed E-state index contributed by atoms with van der Waals surface area (Å²) in [6, 6.07) is 11.6. The molecule has 0 amide bonds. The van der Waals surface area contributed by atoms with Crippen LogP contribution in [0.3, 0.4) is 0 Å². The Morgan fingerprint density at radius 2 is 1.50 bits per heavy atom. The number of rotatable bonds is 1. The lowest BCUT2D eigenvalue weighted by Gasteiger charge is -2.06. The van der Waals surface area contributed by atoms with E-state index in [9.17, 15) is 13.2 Å². The van der Waals surface area contributed by atoms with Gasteiger partial charge in [-0.15, -0.1) is 0 Å². The highest BCUT2D eigenvalue weighted by molar-refractivity contribution is 5.62. The predicted octanol–water partition coefficient (Wildman–Crippen LogP) is 3.77. The second-order valence-corrected chi connectivity index (χ2v) is 3.30. The second kappa shape index (κ2) is 3.96. The number of benzene rings is 1. The standard InChI is InChI=1S/C12H8F3N/c13-12(14,15)11-7-6-10(8-16-11)9-4-2-1-3-5-9/h1-8H. The average Bonchev–Trinajstić information content (AvgIpc) is 2.29. The molecule has 0 saturated heterocycles. The summed E-state index contributed by atoms with van der Waals surface area (Å²) in [5, 5.41) is 0. The monoisotopic (exact) mass is 223 g/mol. The summed E-state index contributed by atoms with van der Waals surface area (Å²) in [7, 11) is 0. The van der Waals surface area contributed by atoms with Crippen LogP contribution in [0.2, 0.25) is 0 Å². The normalized spacial score (nSPS) is 11.4.